The van der Waals surface area contributed by atoms with Gasteiger partial charge in [0.05, 0.1) is 13.2 Å². The molecule has 0 fully saturated rings. The third kappa shape index (κ3) is 2.51. The lowest BCUT2D eigenvalue weighted by Gasteiger charge is -2.09. The summed E-state index contributed by atoms with van der Waals surface area (Å²) in [6, 6.07) is 7.34. The molecule has 0 spiro atoms. The predicted molar refractivity (Wildman–Crippen MR) is 69.5 cm³/mol. The monoisotopic (exact) mass is 246 g/mol. The van der Waals surface area contributed by atoms with Crippen LogP contribution < -0.4 is 10.5 Å². The molecule has 2 rings (SSSR count). The number of rotatable bonds is 4. The molecule has 0 amide bonds. The van der Waals surface area contributed by atoms with Crippen molar-refractivity contribution >= 4 is 0 Å². The van der Waals surface area contributed by atoms with Crippen LogP contribution in [-0.4, -0.2) is 22.3 Å². The van der Waals surface area contributed by atoms with Gasteiger partial charge in [-0.15, -0.1) is 0 Å². The van der Waals surface area contributed by atoms with Crippen molar-refractivity contribution in [3.63, 3.8) is 0 Å². The standard InChI is InChI=1S/C13H18N4O/c1-8(2)12-15-13(17-16-12)11(14)9-4-6-10(18-3)7-5-9/h4-8,11H,14H2,1-3H3,(H,15,16,17)/t11-/m0/s1. The molecule has 0 saturated heterocycles. The molecule has 0 aliphatic carbocycles. The zero-order valence-corrected chi connectivity index (χ0v) is 10.8. The van der Waals surface area contributed by atoms with Gasteiger partial charge in [-0.05, 0) is 17.7 Å². The maximum atomic E-state index is 6.15. The van der Waals surface area contributed by atoms with Crippen LogP contribution in [0.2, 0.25) is 0 Å². The molecule has 1 heterocycles. The number of aromatic amines is 1. The first-order valence-electron chi connectivity index (χ1n) is 5.93. The lowest BCUT2D eigenvalue weighted by molar-refractivity contribution is 0.414. The van der Waals surface area contributed by atoms with E-state index in [0.717, 1.165) is 17.1 Å². The van der Waals surface area contributed by atoms with Crippen LogP contribution in [0.5, 0.6) is 5.75 Å². The van der Waals surface area contributed by atoms with Gasteiger partial charge in [0, 0.05) is 5.92 Å². The van der Waals surface area contributed by atoms with E-state index in [1.165, 1.54) is 0 Å². The van der Waals surface area contributed by atoms with Crippen molar-refractivity contribution in [2.75, 3.05) is 7.11 Å². The maximum Gasteiger partial charge on any atom is 0.153 e. The minimum absolute atomic E-state index is 0.290. The molecule has 0 bridgehead atoms. The number of nitrogens with two attached hydrogens (primary N) is 1. The van der Waals surface area contributed by atoms with E-state index < -0.39 is 0 Å². The molecule has 0 aliphatic heterocycles. The molecule has 96 valence electrons. The summed E-state index contributed by atoms with van der Waals surface area (Å²) in [7, 11) is 1.64. The second kappa shape index (κ2) is 5.18. The van der Waals surface area contributed by atoms with Crippen molar-refractivity contribution < 1.29 is 4.74 Å². The van der Waals surface area contributed by atoms with Crippen molar-refractivity contribution in [2.24, 2.45) is 5.73 Å². The van der Waals surface area contributed by atoms with Gasteiger partial charge in [-0.1, -0.05) is 26.0 Å². The molecule has 5 heteroatoms. The van der Waals surface area contributed by atoms with Crippen molar-refractivity contribution in [1.29, 1.82) is 0 Å². The number of methoxy groups -OCH3 is 1. The lowest BCUT2D eigenvalue weighted by atomic mass is 10.1. The van der Waals surface area contributed by atoms with Gasteiger partial charge in [0.15, 0.2) is 5.82 Å². The number of nitrogens with one attached hydrogen (secondary N) is 1. The minimum Gasteiger partial charge on any atom is -0.497 e. The van der Waals surface area contributed by atoms with Gasteiger partial charge in [-0.25, -0.2) is 4.98 Å². The zero-order chi connectivity index (χ0) is 13.1. The first-order chi connectivity index (χ1) is 8.61. The van der Waals surface area contributed by atoms with E-state index in [1.54, 1.807) is 7.11 Å². The molecule has 2 aromatic rings. The highest BCUT2D eigenvalue weighted by Gasteiger charge is 2.15. The Labute approximate surface area is 106 Å². The lowest BCUT2D eigenvalue weighted by Crippen LogP contribution is -2.13. The molecule has 0 radical (unpaired) electrons. The average molecular weight is 246 g/mol. The Hall–Kier alpha value is -1.88. The summed E-state index contributed by atoms with van der Waals surface area (Å²) < 4.78 is 5.11. The smallest absolute Gasteiger partial charge is 0.153 e. The van der Waals surface area contributed by atoms with E-state index in [-0.39, 0.29) is 12.0 Å². The molecule has 1 aromatic carbocycles. The Balaban J connectivity index is 2.20. The average Bonchev–Trinajstić information content (AvgIpc) is 2.88. The van der Waals surface area contributed by atoms with Crippen molar-refractivity contribution in [3.05, 3.63) is 41.5 Å². The first-order valence-corrected chi connectivity index (χ1v) is 5.93. The van der Waals surface area contributed by atoms with Gasteiger partial charge in [-0.2, -0.15) is 5.10 Å². The zero-order valence-electron chi connectivity index (χ0n) is 10.8. The van der Waals surface area contributed by atoms with Gasteiger partial charge < -0.3 is 10.5 Å². The fourth-order valence-corrected chi connectivity index (χ4v) is 1.65. The molecule has 1 aromatic heterocycles. The summed E-state index contributed by atoms with van der Waals surface area (Å²) in [6.07, 6.45) is 0. The number of hydrogen-bond donors (Lipinski definition) is 2. The number of ether oxygens (including phenoxy) is 1. The van der Waals surface area contributed by atoms with Crippen LogP contribution in [0, 0.1) is 0 Å². The quantitative estimate of drug-likeness (QED) is 0.864. The number of aromatic nitrogens is 3. The van der Waals surface area contributed by atoms with Crippen LogP contribution >= 0.6 is 0 Å². The second-order valence-electron chi connectivity index (χ2n) is 4.48. The summed E-state index contributed by atoms with van der Waals surface area (Å²) in [5.74, 6) is 2.57. The van der Waals surface area contributed by atoms with Gasteiger partial charge in [0.25, 0.3) is 0 Å². The highest BCUT2D eigenvalue weighted by Crippen LogP contribution is 2.20. The van der Waals surface area contributed by atoms with E-state index in [2.05, 4.69) is 15.2 Å². The van der Waals surface area contributed by atoms with E-state index in [1.807, 2.05) is 38.1 Å². The first kappa shape index (κ1) is 12.6. The number of hydrogen-bond acceptors (Lipinski definition) is 4. The largest absolute Gasteiger partial charge is 0.497 e. The van der Waals surface area contributed by atoms with Gasteiger partial charge in [-0.3, -0.25) is 5.10 Å². The Kier molecular flexibility index (Phi) is 3.62. The predicted octanol–water partition coefficient (Wildman–Crippen LogP) is 1.98. The third-order valence-electron chi connectivity index (χ3n) is 2.81. The Bertz CT molecular complexity index is 504. The molecule has 3 N–H and O–H groups in total. The summed E-state index contributed by atoms with van der Waals surface area (Å²) in [5.41, 5.74) is 7.12. The van der Waals surface area contributed by atoms with E-state index in [0.29, 0.717) is 5.82 Å². The molecule has 0 saturated carbocycles. The van der Waals surface area contributed by atoms with Crippen LogP contribution in [0.25, 0.3) is 0 Å². The third-order valence-corrected chi connectivity index (χ3v) is 2.81. The van der Waals surface area contributed by atoms with Crippen molar-refractivity contribution in [1.82, 2.24) is 15.2 Å². The van der Waals surface area contributed by atoms with Crippen molar-refractivity contribution in [3.8, 4) is 5.75 Å². The molecular formula is C13H18N4O. The topological polar surface area (TPSA) is 76.8 Å². The fraction of sp³-hybridized carbons (Fsp3) is 0.385. The van der Waals surface area contributed by atoms with Gasteiger partial charge in [0.1, 0.15) is 11.6 Å². The summed E-state index contributed by atoms with van der Waals surface area (Å²) >= 11 is 0. The SMILES string of the molecule is COc1ccc([C@H](N)c2nc(C(C)C)n[nH]2)cc1. The van der Waals surface area contributed by atoms with Crippen LogP contribution in [0.15, 0.2) is 24.3 Å². The summed E-state index contributed by atoms with van der Waals surface area (Å²) in [4.78, 5) is 4.41. The molecule has 0 aliphatic rings. The molecule has 18 heavy (non-hydrogen) atoms. The van der Waals surface area contributed by atoms with Gasteiger partial charge >= 0.3 is 0 Å². The van der Waals surface area contributed by atoms with E-state index in [4.69, 9.17) is 10.5 Å². The highest BCUT2D eigenvalue weighted by molar-refractivity contribution is 5.31. The van der Waals surface area contributed by atoms with Crippen molar-refractivity contribution in [2.45, 2.75) is 25.8 Å². The van der Waals surface area contributed by atoms with E-state index in [9.17, 15) is 0 Å². The van der Waals surface area contributed by atoms with Crippen LogP contribution in [0.4, 0.5) is 0 Å². The van der Waals surface area contributed by atoms with Crippen LogP contribution in [0.3, 0.4) is 0 Å². The summed E-state index contributed by atoms with van der Waals surface area (Å²) in [5, 5.41) is 7.05. The highest BCUT2D eigenvalue weighted by atomic mass is 16.5. The molecule has 1 atom stereocenters. The molecular weight excluding hydrogens is 228 g/mol. The van der Waals surface area contributed by atoms with Gasteiger partial charge in [0.2, 0.25) is 0 Å². The molecule has 5 nitrogen and oxygen atoms in total. The summed E-state index contributed by atoms with van der Waals surface area (Å²) in [6.45, 7) is 4.09. The molecule has 0 unspecified atom stereocenters. The Morgan fingerprint density at radius 2 is 1.89 bits per heavy atom. The van der Waals surface area contributed by atoms with Crippen LogP contribution in [0.1, 0.15) is 43.0 Å². The second-order valence-corrected chi connectivity index (χ2v) is 4.48. The van der Waals surface area contributed by atoms with E-state index >= 15 is 0 Å². The Morgan fingerprint density at radius 3 is 2.39 bits per heavy atom. The minimum atomic E-state index is -0.295. The Morgan fingerprint density at radius 1 is 1.22 bits per heavy atom. The number of H-pyrrole nitrogens is 1. The number of nitrogens with zero attached hydrogens (tertiary/aromatic N) is 2. The fourth-order valence-electron chi connectivity index (χ4n) is 1.65. The number of benzene rings is 1. The van der Waals surface area contributed by atoms with Crippen LogP contribution in [-0.2, 0) is 0 Å². The normalized spacial score (nSPS) is 12.7. The maximum absolute atomic E-state index is 6.15.